The molecular weight excluding hydrogens is 316 g/mol. The Morgan fingerprint density at radius 3 is 2.60 bits per heavy atom. The van der Waals surface area contributed by atoms with Crippen molar-refractivity contribution < 1.29 is 14.3 Å². The maximum Gasteiger partial charge on any atom is 0.262 e. The molecule has 5 heteroatoms. The van der Waals surface area contributed by atoms with Gasteiger partial charge in [0.05, 0.1) is 0 Å². The van der Waals surface area contributed by atoms with E-state index in [9.17, 15) is 9.59 Å². The zero-order chi connectivity index (χ0) is 17.8. The highest BCUT2D eigenvalue weighted by Gasteiger charge is 2.18. The van der Waals surface area contributed by atoms with Gasteiger partial charge in [0.2, 0.25) is 5.91 Å². The first-order valence-electron chi connectivity index (χ1n) is 8.38. The summed E-state index contributed by atoms with van der Waals surface area (Å²) in [6.45, 7) is 4.88. The first-order valence-corrected chi connectivity index (χ1v) is 8.38. The average Bonchev–Trinajstić information content (AvgIpc) is 2.60. The van der Waals surface area contributed by atoms with Gasteiger partial charge in [0, 0.05) is 25.7 Å². The van der Waals surface area contributed by atoms with Crippen molar-refractivity contribution in [1.82, 2.24) is 4.90 Å². The summed E-state index contributed by atoms with van der Waals surface area (Å²) >= 11 is 0. The molecular formula is C20H22N2O3. The van der Waals surface area contributed by atoms with Gasteiger partial charge in [-0.2, -0.15) is 0 Å². The Balaban J connectivity index is 1.59. The van der Waals surface area contributed by atoms with Crippen molar-refractivity contribution in [3.8, 4) is 5.75 Å². The van der Waals surface area contributed by atoms with E-state index in [2.05, 4.69) is 5.32 Å². The summed E-state index contributed by atoms with van der Waals surface area (Å²) in [5.74, 6) is 0.537. The summed E-state index contributed by atoms with van der Waals surface area (Å²) in [7, 11) is 0. The molecule has 2 aromatic rings. The highest BCUT2D eigenvalue weighted by molar-refractivity contribution is 5.92. The van der Waals surface area contributed by atoms with E-state index in [1.54, 1.807) is 6.92 Å². The third-order valence-electron chi connectivity index (χ3n) is 4.34. The van der Waals surface area contributed by atoms with Gasteiger partial charge in [-0.15, -0.1) is 0 Å². The number of hydrogen-bond donors (Lipinski definition) is 1. The first-order chi connectivity index (χ1) is 12.0. The largest absolute Gasteiger partial charge is 0.484 e. The minimum atomic E-state index is -0.209. The van der Waals surface area contributed by atoms with Gasteiger partial charge >= 0.3 is 0 Å². The lowest BCUT2D eigenvalue weighted by Gasteiger charge is -2.28. The fourth-order valence-corrected chi connectivity index (χ4v) is 2.88. The number of nitrogens with zero attached hydrogens (tertiary/aromatic N) is 1. The standard InChI is InChI=1S/C20H22N2O3/c1-14-3-7-19(8-4-14)25-13-20(24)21-18-6-5-16-9-10-22(15(2)23)12-17(16)11-18/h3-8,11H,9-10,12-13H2,1-2H3,(H,21,24). The number of nitrogens with one attached hydrogen (secondary N) is 1. The molecule has 1 heterocycles. The van der Waals surface area contributed by atoms with Crippen LogP contribution in [0.4, 0.5) is 5.69 Å². The first kappa shape index (κ1) is 17.0. The maximum atomic E-state index is 12.1. The Morgan fingerprint density at radius 1 is 1.12 bits per heavy atom. The van der Waals surface area contributed by atoms with Gasteiger partial charge in [-0.25, -0.2) is 0 Å². The van der Waals surface area contributed by atoms with Crippen molar-refractivity contribution in [2.24, 2.45) is 0 Å². The summed E-state index contributed by atoms with van der Waals surface area (Å²) in [6, 6.07) is 13.4. The Morgan fingerprint density at radius 2 is 1.88 bits per heavy atom. The van der Waals surface area contributed by atoms with Crippen molar-refractivity contribution in [3.63, 3.8) is 0 Å². The predicted molar refractivity (Wildman–Crippen MR) is 96.5 cm³/mol. The Bertz CT molecular complexity index is 784. The van der Waals surface area contributed by atoms with Crippen LogP contribution in [0.5, 0.6) is 5.75 Å². The van der Waals surface area contributed by atoms with E-state index in [1.807, 2.05) is 54.3 Å². The molecule has 0 atom stereocenters. The SMILES string of the molecule is CC(=O)N1CCc2ccc(NC(=O)COc3ccc(C)cc3)cc2C1. The number of carbonyl (C=O) groups is 2. The van der Waals surface area contributed by atoms with Crippen molar-refractivity contribution in [1.29, 1.82) is 0 Å². The number of amides is 2. The number of anilines is 1. The number of hydrogen-bond acceptors (Lipinski definition) is 3. The summed E-state index contributed by atoms with van der Waals surface area (Å²) in [6.07, 6.45) is 0.847. The minimum Gasteiger partial charge on any atom is -0.484 e. The lowest BCUT2D eigenvalue weighted by atomic mass is 9.99. The molecule has 0 spiro atoms. The number of rotatable bonds is 4. The lowest BCUT2D eigenvalue weighted by Crippen LogP contribution is -2.34. The van der Waals surface area contributed by atoms with Gasteiger partial charge < -0.3 is 15.0 Å². The summed E-state index contributed by atoms with van der Waals surface area (Å²) in [5.41, 5.74) is 4.18. The smallest absolute Gasteiger partial charge is 0.262 e. The van der Waals surface area contributed by atoms with Crippen LogP contribution in [0.3, 0.4) is 0 Å². The number of benzene rings is 2. The van der Waals surface area contributed by atoms with Gasteiger partial charge in [-0.1, -0.05) is 23.8 Å². The second kappa shape index (κ2) is 7.38. The van der Waals surface area contributed by atoms with E-state index < -0.39 is 0 Å². The van der Waals surface area contributed by atoms with Gasteiger partial charge in [0.15, 0.2) is 6.61 Å². The van der Waals surface area contributed by atoms with Gasteiger partial charge in [-0.3, -0.25) is 9.59 Å². The molecule has 130 valence electrons. The molecule has 1 aliphatic rings. The Hall–Kier alpha value is -2.82. The number of carbonyl (C=O) groups excluding carboxylic acids is 2. The molecule has 25 heavy (non-hydrogen) atoms. The van der Waals surface area contributed by atoms with Crippen LogP contribution in [0.2, 0.25) is 0 Å². The van der Waals surface area contributed by atoms with Crippen LogP contribution in [-0.4, -0.2) is 29.9 Å². The molecule has 3 rings (SSSR count). The molecule has 0 bridgehead atoms. The molecule has 0 saturated carbocycles. The molecule has 0 radical (unpaired) electrons. The number of fused-ring (bicyclic) bond motifs is 1. The molecule has 1 N–H and O–H groups in total. The summed E-state index contributed by atoms with van der Waals surface area (Å²) < 4.78 is 5.49. The molecule has 5 nitrogen and oxygen atoms in total. The molecule has 1 aliphatic heterocycles. The zero-order valence-corrected chi connectivity index (χ0v) is 14.5. The van der Waals surface area contributed by atoms with Crippen molar-refractivity contribution >= 4 is 17.5 Å². The molecule has 0 fully saturated rings. The molecule has 0 saturated heterocycles. The normalized spacial score (nSPS) is 13.1. The Labute approximate surface area is 147 Å². The van der Waals surface area contributed by atoms with Crippen LogP contribution in [0.1, 0.15) is 23.6 Å². The molecule has 0 unspecified atom stereocenters. The van der Waals surface area contributed by atoms with Crippen LogP contribution in [0.15, 0.2) is 42.5 Å². The zero-order valence-electron chi connectivity index (χ0n) is 14.5. The molecule has 2 amide bonds. The fourth-order valence-electron chi connectivity index (χ4n) is 2.88. The fraction of sp³-hybridized carbons (Fsp3) is 0.300. The van der Waals surface area contributed by atoms with E-state index in [1.165, 1.54) is 5.56 Å². The van der Waals surface area contributed by atoms with Crippen LogP contribution < -0.4 is 10.1 Å². The minimum absolute atomic E-state index is 0.0419. The average molecular weight is 338 g/mol. The van der Waals surface area contributed by atoms with Gasteiger partial charge in [-0.05, 0) is 48.7 Å². The van der Waals surface area contributed by atoms with E-state index in [0.717, 1.165) is 29.8 Å². The van der Waals surface area contributed by atoms with E-state index >= 15 is 0 Å². The van der Waals surface area contributed by atoms with Crippen LogP contribution in [0, 0.1) is 6.92 Å². The highest BCUT2D eigenvalue weighted by Crippen LogP contribution is 2.23. The second-order valence-corrected chi connectivity index (χ2v) is 6.32. The van der Waals surface area contributed by atoms with E-state index in [-0.39, 0.29) is 18.4 Å². The second-order valence-electron chi connectivity index (χ2n) is 6.32. The Kier molecular flexibility index (Phi) is 5.03. The van der Waals surface area contributed by atoms with E-state index in [0.29, 0.717) is 12.3 Å². The molecule has 0 aromatic heterocycles. The van der Waals surface area contributed by atoms with Crippen LogP contribution >= 0.6 is 0 Å². The topological polar surface area (TPSA) is 58.6 Å². The predicted octanol–water partition coefficient (Wildman–Crippen LogP) is 2.92. The van der Waals surface area contributed by atoms with Crippen molar-refractivity contribution in [2.45, 2.75) is 26.8 Å². The summed E-state index contributed by atoms with van der Waals surface area (Å²) in [4.78, 5) is 25.5. The quantitative estimate of drug-likeness (QED) is 0.932. The monoisotopic (exact) mass is 338 g/mol. The number of ether oxygens (including phenoxy) is 1. The van der Waals surface area contributed by atoms with Crippen LogP contribution in [-0.2, 0) is 22.6 Å². The summed E-state index contributed by atoms with van der Waals surface area (Å²) in [5, 5.41) is 2.85. The van der Waals surface area contributed by atoms with Crippen LogP contribution in [0.25, 0.3) is 0 Å². The molecule has 2 aromatic carbocycles. The van der Waals surface area contributed by atoms with Gasteiger partial charge in [0.25, 0.3) is 5.91 Å². The van der Waals surface area contributed by atoms with Crippen molar-refractivity contribution in [2.75, 3.05) is 18.5 Å². The lowest BCUT2D eigenvalue weighted by molar-refractivity contribution is -0.129. The van der Waals surface area contributed by atoms with E-state index in [4.69, 9.17) is 4.74 Å². The third kappa shape index (κ3) is 4.38. The van der Waals surface area contributed by atoms with Gasteiger partial charge in [0.1, 0.15) is 5.75 Å². The molecule has 0 aliphatic carbocycles. The van der Waals surface area contributed by atoms with Crippen molar-refractivity contribution in [3.05, 3.63) is 59.2 Å². The highest BCUT2D eigenvalue weighted by atomic mass is 16.5. The third-order valence-corrected chi connectivity index (χ3v) is 4.34. The number of aryl methyl sites for hydroxylation is 1. The maximum absolute atomic E-state index is 12.1.